The maximum Gasteiger partial charge on any atom is -0.00217 e. The number of hydrogen-bond donors (Lipinski definition) is 1. The Balaban J connectivity index is 3.35. The van der Waals surface area contributed by atoms with Crippen molar-refractivity contribution in [2.45, 2.75) is 26.2 Å². The van der Waals surface area contributed by atoms with Crippen molar-refractivity contribution in [3.05, 3.63) is 0 Å². The highest BCUT2D eigenvalue weighted by Crippen LogP contribution is 2.08. The zero-order valence-corrected chi connectivity index (χ0v) is 8.14. The van der Waals surface area contributed by atoms with Gasteiger partial charge in [0, 0.05) is 0 Å². The summed E-state index contributed by atoms with van der Waals surface area (Å²) in [6.45, 7) is 4.24. The second kappa shape index (κ2) is 6.62. The molecule has 68 valence electrons. The van der Waals surface area contributed by atoms with E-state index in [1.54, 1.807) is 0 Å². The predicted octanol–water partition coefficient (Wildman–Crippen LogP) is 1.31. The molecule has 0 heterocycles. The van der Waals surface area contributed by atoms with Gasteiger partial charge in [0.2, 0.25) is 0 Å². The zero-order chi connectivity index (χ0) is 8.69. The standard InChI is InChI=1S/C9H22N2/c1-4-5-9(8-10)6-7-11(2)3/h9H,4-8,10H2,1-3H3. The molecule has 0 aliphatic rings. The molecule has 0 saturated carbocycles. The van der Waals surface area contributed by atoms with E-state index in [1.807, 2.05) is 0 Å². The lowest BCUT2D eigenvalue weighted by atomic mass is 10.00. The molecule has 0 aliphatic heterocycles. The molecule has 1 atom stereocenters. The minimum atomic E-state index is 0.738. The van der Waals surface area contributed by atoms with Gasteiger partial charge in [0.05, 0.1) is 0 Å². The summed E-state index contributed by atoms with van der Waals surface area (Å²) in [4.78, 5) is 2.22. The van der Waals surface area contributed by atoms with Crippen LogP contribution in [-0.2, 0) is 0 Å². The highest BCUT2D eigenvalue weighted by molar-refractivity contribution is 4.60. The van der Waals surface area contributed by atoms with E-state index >= 15 is 0 Å². The van der Waals surface area contributed by atoms with Gasteiger partial charge in [-0.15, -0.1) is 0 Å². The molecule has 2 N–H and O–H groups in total. The number of rotatable bonds is 6. The van der Waals surface area contributed by atoms with Gasteiger partial charge < -0.3 is 10.6 Å². The lowest BCUT2D eigenvalue weighted by Crippen LogP contribution is -2.21. The maximum absolute atomic E-state index is 5.63. The average molecular weight is 158 g/mol. The van der Waals surface area contributed by atoms with E-state index in [4.69, 9.17) is 5.73 Å². The van der Waals surface area contributed by atoms with Crippen molar-refractivity contribution >= 4 is 0 Å². The Kier molecular flexibility index (Phi) is 6.57. The van der Waals surface area contributed by atoms with Crippen LogP contribution < -0.4 is 5.73 Å². The Morgan fingerprint density at radius 2 is 1.91 bits per heavy atom. The van der Waals surface area contributed by atoms with E-state index in [2.05, 4.69) is 25.9 Å². The lowest BCUT2D eigenvalue weighted by Gasteiger charge is -2.16. The fraction of sp³-hybridized carbons (Fsp3) is 1.00. The molecule has 11 heavy (non-hydrogen) atoms. The van der Waals surface area contributed by atoms with E-state index in [9.17, 15) is 0 Å². The van der Waals surface area contributed by atoms with Crippen LogP contribution in [0, 0.1) is 5.92 Å². The highest BCUT2D eigenvalue weighted by atomic mass is 15.0. The van der Waals surface area contributed by atoms with Gasteiger partial charge in [-0.05, 0) is 45.9 Å². The summed E-state index contributed by atoms with van der Waals surface area (Å²) in [5.41, 5.74) is 5.63. The van der Waals surface area contributed by atoms with Crippen molar-refractivity contribution in [1.29, 1.82) is 0 Å². The largest absolute Gasteiger partial charge is 0.330 e. The van der Waals surface area contributed by atoms with Crippen LogP contribution in [0.3, 0.4) is 0 Å². The van der Waals surface area contributed by atoms with Gasteiger partial charge in [0.15, 0.2) is 0 Å². The molecule has 2 nitrogen and oxygen atoms in total. The summed E-state index contributed by atoms with van der Waals surface area (Å²) in [6, 6.07) is 0. The summed E-state index contributed by atoms with van der Waals surface area (Å²) in [5.74, 6) is 0.738. The van der Waals surface area contributed by atoms with Crippen molar-refractivity contribution < 1.29 is 0 Å². The molecule has 2 heteroatoms. The molecule has 0 amide bonds. The van der Waals surface area contributed by atoms with Crippen LogP contribution in [0.25, 0.3) is 0 Å². The Morgan fingerprint density at radius 3 is 2.27 bits per heavy atom. The smallest absolute Gasteiger partial charge is 0.00217 e. The van der Waals surface area contributed by atoms with Crippen LogP contribution in [0.15, 0.2) is 0 Å². The molecule has 0 aromatic heterocycles. The fourth-order valence-corrected chi connectivity index (χ4v) is 1.23. The quantitative estimate of drug-likeness (QED) is 0.631. The Hall–Kier alpha value is -0.0800. The molecule has 1 unspecified atom stereocenters. The summed E-state index contributed by atoms with van der Waals surface area (Å²) in [6.07, 6.45) is 3.79. The van der Waals surface area contributed by atoms with Crippen molar-refractivity contribution in [2.75, 3.05) is 27.2 Å². The third-order valence-electron chi connectivity index (χ3n) is 2.01. The highest BCUT2D eigenvalue weighted by Gasteiger charge is 2.04. The van der Waals surface area contributed by atoms with E-state index in [-0.39, 0.29) is 0 Å². The van der Waals surface area contributed by atoms with Crippen LogP contribution in [0.2, 0.25) is 0 Å². The van der Waals surface area contributed by atoms with Gasteiger partial charge in [-0.3, -0.25) is 0 Å². The number of nitrogens with zero attached hydrogens (tertiary/aromatic N) is 1. The zero-order valence-electron chi connectivity index (χ0n) is 8.14. The van der Waals surface area contributed by atoms with Gasteiger partial charge in [-0.1, -0.05) is 13.3 Å². The molecule has 0 fully saturated rings. The third-order valence-corrected chi connectivity index (χ3v) is 2.01. The minimum absolute atomic E-state index is 0.738. The first-order valence-electron chi connectivity index (χ1n) is 4.55. The van der Waals surface area contributed by atoms with Gasteiger partial charge in [0.25, 0.3) is 0 Å². The van der Waals surface area contributed by atoms with Crippen molar-refractivity contribution in [3.63, 3.8) is 0 Å². The topological polar surface area (TPSA) is 29.3 Å². The van der Waals surface area contributed by atoms with Crippen LogP contribution in [0.5, 0.6) is 0 Å². The van der Waals surface area contributed by atoms with E-state index in [0.717, 1.165) is 12.5 Å². The van der Waals surface area contributed by atoms with Crippen LogP contribution in [0.1, 0.15) is 26.2 Å². The predicted molar refractivity (Wildman–Crippen MR) is 50.6 cm³/mol. The summed E-state index contributed by atoms with van der Waals surface area (Å²) < 4.78 is 0. The van der Waals surface area contributed by atoms with E-state index < -0.39 is 0 Å². The normalized spacial score (nSPS) is 13.9. The molecule has 0 spiro atoms. The molecular weight excluding hydrogens is 136 g/mol. The molecular formula is C9H22N2. The monoisotopic (exact) mass is 158 g/mol. The molecule has 0 saturated heterocycles. The molecule has 0 bridgehead atoms. The maximum atomic E-state index is 5.63. The van der Waals surface area contributed by atoms with Gasteiger partial charge in [-0.2, -0.15) is 0 Å². The fourth-order valence-electron chi connectivity index (χ4n) is 1.23. The second-order valence-electron chi connectivity index (χ2n) is 3.48. The summed E-state index contributed by atoms with van der Waals surface area (Å²) >= 11 is 0. The molecule has 0 radical (unpaired) electrons. The number of nitrogens with two attached hydrogens (primary N) is 1. The SMILES string of the molecule is CCCC(CN)CCN(C)C. The van der Waals surface area contributed by atoms with Crippen LogP contribution >= 0.6 is 0 Å². The average Bonchev–Trinajstić information content (AvgIpc) is 1.97. The Morgan fingerprint density at radius 1 is 1.27 bits per heavy atom. The molecule has 0 aliphatic carbocycles. The molecule has 0 rings (SSSR count). The lowest BCUT2D eigenvalue weighted by molar-refractivity contribution is 0.341. The van der Waals surface area contributed by atoms with Crippen molar-refractivity contribution in [1.82, 2.24) is 4.90 Å². The summed E-state index contributed by atoms with van der Waals surface area (Å²) in [7, 11) is 4.22. The van der Waals surface area contributed by atoms with Gasteiger partial charge in [-0.25, -0.2) is 0 Å². The first kappa shape index (κ1) is 10.9. The minimum Gasteiger partial charge on any atom is -0.330 e. The first-order chi connectivity index (χ1) is 5.20. The summed E-state index contributed by atoms with van der Waals surface area (Å²) in [5, 5.41) is 0. The third kappa shape index (κ3) is 6.32. The molecule has 0 aromatic rings. The number of hydrogen-bond acceptors (Lipinski definition) is 2. The van der Waals surface area contributed by atoms with E-state index in [0.29, 0.717) is 0 Å². The second-order valence-corrected chi connectivity index (χ2v) is 3.48. The Bertz CT molecular complexity index is 81.6. The van der Waals surface area contributed by atoms with Crippen LogP contribution in [-0.4, -0.2) is 32.1 Å². The van der Waals surface area contributed by atoms with Crippen molar-refractivity contribution in [3.8, 4) is 0 Å². The van der Waals surface area contributed by atoms with E-state index in [1.165, 1.54) is 25.8 Å². The van der Waals surface area contributed by atoms with Gasteiger partial charge >= 0.3 is 0 Å². The van der Waals surface area contributed by atoms with Gasteiger partial charge in [0.1, 0.15) is 0 Å². The first-order valence-corrected chi connectivity index (χ1v) is 4.55. The van der Waals surface area contributed by atoms with Crippen LogP contribution in [0.4, 0.5) is 0 Å². The molecule has 0 aromatic carbocycles. The van der Waals surface area contributed by atoms with Crippen molar-refractivity contribution in [2.24, 2.45) is 11.7 Å². The Labute approximate surface area is 70.8 Å².